The average molecular weight is 311 g/mol. The summed E-state index contributed by atoms with van der Waals surface area (Å²) in [4.78, 5) is 22.7. The molecule has 4 N–H and O–H groups in total. The largest absolute Gasteiger partial charge is 0.368 e. The van der Waals surface area contributed by atoms with Gasteiger partial charge in [-0.05, 0) is 24.8 Å². The maximum Gasteiger partial charge on any atom is 0.236 e. The molecule has 0 spiro atoms. The van der Waals surface area contributed by atoms with Crippen LogP contribution in [0.2, 0.25) is 0 Å². The molecule has 0 saturated carbocycles. The molecule has 1 aromatic carbocycles. The van der Waals surface area contributed by atoms with Crippen LogP contribution in [0.5, 0.6) is 0 Å². The summed E-state index contributed by atoms with van der Waals surface area (Å²) < 4.78 is 0. The number of amides is 1. The van der Waals surface area contributed by atoms with Gasteiger partial charge in [-0.2, -0.15) is 0 Å². The average Bonchev–Trinajstić information content (AvgIpc) is 2.61. The van der Waals surface area contributed by atoms with Crippen molar-refractivity contribution in [1.82, 2.24) is 14.9 Å². The van der Waals surface area contributed by atoms with Gasteiger partial charge in [-0.15, -0.1) is 0 Å². The van der Waals surface area contributed by atoms with Crippen molar-refractivity contribution in [1.29, 1.82) is 0 Å². The third-order valence-electron chi connectivity index (χ3n) is 4.24. The van der Waals surface area contributed by atoms with Crippen LogP contribution >= 0.6 is 0 Å². The van der Waals surface area contributed by atoms with Crippen LogP contribution in [-0.4, -0.2) is 33.9 Å². The van der Waals surface area contributed by atoms with Crippen LogP contribution < -0.4 is 11.5 Å². The number of likely N-dealkylation sites (tertiary alicyclic amines) is 1. The minimum Gasteiger partial charge on any atom is -0.368 e. The highest BCUT2D eigenvalue weighted by Gasteiger charge is 2.30. The topological polar surface area (TPSA) is 98.1 Å². The smallest absolute Gasteiger partial charge is 0.236 e. The Morgan fingerprint density at radius 1 is 1.26 bits per heavy atom. The lowest BCUT2D eigenvalue weighted by Crippen LogP contribution is -2.42. The Labute approximate surface area is 135 Å². The fraction of sp³-hybridized carbons (Fsp3) is 0.353. The highest BCUT2D eigenvalue weighted by molar-refractivity contribution is 5.79. The molecule has 2 aromatic rings. The van der Waals surface area contributed by atoms with Gasteiger partial charge < -0.3 is 16.4 Å². The number of carbonyl (C=O) groups is 1. The Kier molecular flexibility index (Phi) is 4.52. The van der Waals surface area contributed by atoms with Crippen LogP contribution in [0.4, 0.5) is 5.95 Å². The van der Waals surface area contributed by atoms with Crippen molar-refractivity contribution in [3.63, 3.8) is 0 Å². The molecule has 1 amide bonds. The minimum atomic E-state index is -0.0969. The van der Waals surface area contributed by atoms with Gasteiger partial charge in [0.15, 0.2) is 0 Å². The standard InChI is InChI=1S/C17H21N5O/c18-10-15(23)22-9-5-4-8-14(22)16-13(11-20-17(19)21-16)12-6-2-1-3-7-12/h1-3,6-7,11,14H,4-5,8-10,18H2,(H2,19,20,21)/t14-/m1/s1. The second kappa shape index (κ2) is 6.75. The van der Waals surface area contributed by atoms with Gasteiger partial charge in [0, 0.05) is 18.3 Å². The molecule has 2 heterocycles. The first-order valence-corrected chi connectivity index (χ1v) is 7.88. The van der Waals surface area contributed by atoms with E-state index in [2.05, 4.69) is 9.97 Å². The number of hydrogen-bond donors (Lipinski definition) is 2. The minimum absolute atomic E-state index is 0.0116. The monoisotopic (exact) mass is 311 g/mol. The highest BCUT2D eigenvalue weighted by Crippen LogP contribution is 2.35. The molecular formula is C17H21N5O. The first-order chi connectivity index (χ1) is 11.2. The Hall–Kier alpha value is -2.47. The number of nitrogen functional groups attached to an aromatic ring is 1. The van der Waals surface area contributed by atoms with E-state index in [1.165, 1.54) is 0 Å². The van der Waals surface area contributed by atoms with Gasteiger partial charge in [-0.3, -0.25) is 4.79 Å². The first kappa shape index (κ1) is 15.4. The second-order valence-electron chi connectivity index (χ2n) is 5.70. The molecule has 0 bridgehead atoms. The normalized spacial score (nSPS) is 18.0. The van der Waals surface area contributed by atoms with E-state index in [1.54, 1.807) is 6.20 Å². The van der Waals surface area contributed by atoms with Crippen molar-refractivity contribution in [3.8, 4) is 11.1 Å². The van der Waals surface area contributed by atoms with Gasteiger partial charge in [0.05, 0.1) is 18.3 Å². The molecule has 0 unspecified atom stereocenters. The number of benzene rings is 1. The van der Waals surface area contributed by atoms with E-state index >= 15 is 0 Å². The summed E-state index contributed by atoms with van der Waals surface area (Å²) in [5.41, 5.74) is 14.1. The Morgan fingerprint density at radius 3 is 2.78 bits per heavy atom. The summed E-state index contributed by atoms with van der Waals surface area (Å²) in [7, 11) is 0. The molecule has 6 heteroatoms. The predicted molar refractivity (Wildman–Crippen MR) is 89.2 cm³/mol. The zero-order valence-electron chi connectivity index (χ0n) is 13.0. The molecule has 1 atom stereocenters. The molecule has 120 valence electrons. The number of nitrogens with two attached hydrogens (primary N) is 2. The molecule has 1 aliphatic heterocycles. The summed E-state index contributed by atoms with van der Waals surface area (Å²) in [5, 5.41) is 0. The van der Waals surface area contributed by atoms with Crippen LogP contribution in [0.25, 0.3) is 11.1 Å². The zero-order valence-corrected chi connectivity index (χ0v) is 13.0. The summed E-state index contributed by atoms with van der Waals surface area (Å²) in [5.74, 6) is 0.177. The molecule has 0 radical (unpaired) electrons. The molecule has 6 nitrogen and oxygen atoms in total. The number of hydrogen-bond acceptors (Lipinski definition) is 5. The Bertz CT molecular complexity index is 689. The van der Waals surface area contributed by atoms with E-state index in [4.69, 9.17) is 11.5 Å². The van der Waals surface area contributed by atoms with Crippen molar-refractivity contribution in [3.05, 3.63) is 42.2 Å². The number of aromatic nitrogens is 2. The highest BCUT2D eigenvalue weighted by atomic mass is 16.2. The third kappa shape index (κ3) is 3.17. The van der Waals surface area contributed by atoms with Gasteiger partial charge in [-0.25, -0.2) is 9.97 Å². The van der Waals surface area contributed by atoms with Gasteiger partial charge in [0.1, 0.15) is 0 Å². The number of piperidine rings is 1. The quantitative estimate of drug-likeness (QED) is 0.899. The Morgan fingerprint density at radius 2 is 2.04 bits per heavy atom. The van der Waals surface area contributed by atoms with Gasteiger partial charge in [-0.1, -0.05) is 30.3 Å². The molecule has 1 aromatic heterocycles. The van der Waals surface area contributed by atoms with Crippen molar-refractivity contribution >= 4 is 11.9 Å². The molecular weight excluding hydrogens is 290 g/mol. The fourth-order valence-corrected chi connectivity index (χ4v) is 3.14. The maximum absolute atomic E-state index is 12.2. The van der Waals surface area contributed by atoms with E-state index < -0.39 is 0 Å². The van der Waals surface area contributed by atoms with Crippen LogP contribution in [0.15, 0.2) is 36.5 Å². The lowest BCUT2D eigenvalue weighted by Gasteiger charge is -2.36. The fourth-order valence-electron chi connectivity index (χ4n) is 3.14. The Balaban J connectivity index is 2.07. The van der Waals surface area contributed by atoms with E-state index in [9.17, 15) is 4.79 Å². The van der Waals surface area contributed by atoms with Crippen molar-refractivity contribution < 1.29 is 4.79 Å². The number of carbonyl (C=O) groups excluding carboxylic acids is 1. The van der Waals surface area contributed by atoms with E-state index in [1.807, 2.05) is 35.2 Å². The van der Waals surface area contributed by atoms with Gasteiger partial charge in [0.2, 0.25) is 11.9 Å². The molecule has 1 fully saturated rings. The van der Waals surface area contributed by atoms with Crippen LogP contribution in [0, 0.1) is 0 Å². The SMILES string of the molecule is NCC(=O)N1CCCC[C@@H]1c1nc(N)ncc1-c1ccccc1. The third-order valence-corrected chi connectivity index (χ3v) is 4.24. The lowest BCUT2D eigenvalue weighted by molar-refractivity contribution is -0.133. The lowest BCUT2D eigenvalue weighted by atomic mass is 9.93. The predicted octanol–water partition coefficient (Wildman–Crippen LogP) is 1.74. The second-order valence-corrected chi connectivity index (χ2v) is 5.70. The maximum atomic E-state index is 12.2. The van der Waals surface area contributed by atoms with Crippen LogP contribution in [-0.2, 0) is 4.79 Å². The molecule has 3 rings (SSSR count). The first-order valence-electron chi connectivity index (χ1n) is 7.88. The number of rotatable bonds is 3. The molecule has 1 saturated heterocycles. The summed E-state index contributed by atoms with van der Waals surface area (Å²) in [6.45, 7) is 0.719. The molecule has 23 heavy (non-hydrogen) atoms. The van der Waals surface area contributed by atoms with Gasteiger partial charge in [0.25, 0.3) is 0 Å². The molecule has 0 aliphatic carbocycles. The van der Waals surface area contributed by atoms with Crippen molar-refractivity contribution in [2.75, 3.05) is 18.8 Å². The summed E-state index contributed by atoms with van der Waals surface area (Å²) in [6.07, 6.45) is 4.65. The van der Waals surface area contributed by atoms with Crippen molar-refractivity contribution in [2.24, 2.45) is 5.73 Å². The van der Waals surface area contributed by atoms with E-state index in [-0.39, 0.29) is 24.4 Å². The van der Waals surface area contributed by atoms with Gasteiger partial charge >= 0.3 is 0 Å². The molecule has 1 aliphatic rings. The van der Waals surface area contributed by atoms with E-state index in [0.29, 0.717) is 6.54 Å². The summed E-state index contributed by atoms with van der Waals surface area (Å²) in [6, 6.07) is 9.83. The zero-order chi connectivity index (χ0) is 16.2. The van der Waals surface area contributed by atoms with E-state index in [0.717, 1.165) is 36.1 Å². The summed E-state index contributed by atoms with van der Waals surface area (Å²) >= 11 is 0. The van der Waals surface area contributed by atoms with Crippen molar-refractivity contribution in [2.45, 2.75) is 25.3 Å². The van der Waals surface area contributed by atoms with Crippen LogP contribution in [0.1, 0.15) is 31.0 Å². The number of nitrogens with zero attached hydrogens (tertiary/aromatic N) is 3. The number of anilines is 1. The van der Waals surface area contributed by atoms with Crippen LogP contribution in [0.3, 0.4) is 0 Å².